The minimum Gasteiger partial charge on any atom is -0.393 e. The third-order valence-electron chi connectivity index (χ3n) is 3.66. The summed E-state index contributed by atoms with van der Waals surface area (Å²) in [4.78, 5) is 13.8. The molecule has 1 amide bonds. The fourth-order valence-corrected chi connectivity index (χ4v) is 4.28. The number of nitrogens with zero attached hydrogens (tertiary/aromatic N) is 3. The molecule has 0 bridgehead atoms. The van der Waals surface area contributed by atoms with Gasteiger partial charge in [0.1, 0.15) is 0 Å². The summed E-state index contributed by atoms with van der Waals surface area (Å²) in [5, 5.41) is 16.7. The van der Waals surface area contributed by atoms with Crippen molar-refractivity contribution in [2.24, 2.45) is 5.92 Å². The standard InChI is InChI=1S/C13H28N3O3P.C4H10O2/c1-11(2)13(17)15-7-9-16(10-8-15)20(18,14(5)6)19-12(3)4;1-4(2,6)3-5/h11-12H,7-10H2,1-6H3;5-6H,3H2,1-2H3. The quantitative estimate of drug-likeness (QED) is 0.660. The lowest BCUT2D eigenvalue weighted by atomic mass is 10.2. The van der Waals surface area contributed by atoms with Crippen LogP contribution >= 0.6 is 7.67 Å². The van der Waals surface area contributed by atoms with Crippen molar-refractivity contribution in [1.29, 1.82) is 0 Å². The van der Waals surface area contributed by atoms with E-state index in [0.29, 0.717) is 26.2 Å². The number of carbonyl (C=O) groups excluding carboxylic acids is 1. The molecule has 9 heteroatoms. The highest BCUT2D eigenvalue weighted by atomic mass is 31.2. The van der Waals surface area contributed by atoms with Crippen LogP contribution in [0.15, 0.2) is 0 Å². The molecule has 1 aliphatic rings. The third kappa shape index (κ3) is 8.46. The van der Waals surface area contributed by atoms with Crippen LogP contribution in [0.4, 0.5) is 0 Å². The molecule has 1 atom stereocenters. The Morgan fingerprint density at radius 1 is 1.15 bits per heavy atom. The van der Waals surface area contributed by atoms with Crippen LogP contribution in [0.1, 0.15) is 41.5 Å². The third-order valence-corrected chi connectivity index (χ3v) is 6.48. The van der Waals surface area contributed by atoms with Crippen LogP contribution in [0.3, 0.4) is 0 Å². The van der Waals surface area contributed by atoms with Gasteiger partial charge in [0, 0.05) is 32.1 Å². The first kappa shape index (κ1) is 25.5. The highest BCUT2D eigenvalue weighted by Gasteiger charge is 2.38. The summed E-state index contributed by atoms with van der Waals surface area (Å²) >= 11 is 0. The number of rotatable bonds is 6. The van der Waals surface area contributed by atoms with Crippen molar-refractivity contribution in [2.45, 2.75) is 53.2 Å². The molecule has 0 aromatic heterocycles. The number of hydrogen-bond donors (Lipinski definition) is 2. The van der Waals surface area contributed by atoms with E-state index in [0.717, 1.165) is 0 Å². The first-order valence-electron chi connectivity index (χ1n) is 9.08. The summed E-state index contributed by atoms with van der Waals surface area (Å²) in [7, 11) is 0.571. The molecule has 1 fully saturated rings. The molecule has 1 rings (SSSR count). The van der Waals surface area contributed by atoms with Crippen molar-refractivity contribution in [1.82, 2.24) is 14.2 Å². The van der Waals surface area contributed by atoms with Gasteiger partial charge in [-0.1, -0.05) is 13.8 Å². The van der Waals surface area contributed by atoms with Crippen LogP contribution in [-0.2, 0) is 13.9 Å². The van der Waals surface area contributed by atoms with Crippen LogP contribution in [0.5, 0.6) is 0 Å². The molecule has 1 unspecified atom stereocenters. The molecule has 0 aliphatic carbocycles. The lowest BCUT2D eigenvalue weighted by Gasteiger charge is -2.41. The predicted molar refractivity (Wildman–Crippen MR) is 104 cm³/mol. The highest BCUT2D eigenvalue weighted by molar-refractivity contribution is 7.53. The maximum atomic E-state index is 13.0. The zero-order chi connectivity index (χ0) is 20.7. The van der Waals surface area contributed by atoms with Crippen molar-refractivity contribution in [3.8, 4) is 0 Å². The smallest absolute Gasteiger partial charge is 0.345 e. The van der Waals surface area contributed by atoms with Crippen LogP contribution < -0.4 is 0 Å². The van der Waals surface area contributed by atoms with Gasteiger partial charge in [-0.25, -0.2) is 9.34 Å². The van der Waals surface area contributed by atoms with Crippen LogP contribution in [0.25, 0.3) is 0 Å². The molecule has 1 saturated heterocycles. The van der Waals surface area contributed by atoms with Gasteiger partial charge in [0.25, 0.3) is 0 Å². The molecule has 2 N–H and O–H groups in total. The molecule has 1 heterocycles. The summed E-state index contributed by atoms with van der Waals surface area (Å²) in [6.45, 7) is 12.9. The largest absolute Gasteiger partial charge is 0.393 e. The molecule has 0 aromatic rings. The van der Waals surface area contributed by atoms with E-state index in [4.69, 9.17) is 14.7 Å². The van der Waals surface area contributed by atoms with Crippen molar-refractivity contribution >= 4 is 13.6 Å². The van der Waals surface area contributed by atoms with E-state index in [1.54, 1.807) is 32.6 Å². The Balaban J connectivity index is 0.000000896. The monoisotopic (exact) mass is 395 g/mol. The lowest BCUT2D eigenvalue weighted by molar-refractivity contribution is -0.135. The Bertz CT molecular complexity index is 470. The number of amides is 1. The zero-order valence-corrected chi connectivity index (χ0v) is 18.5. The SMILES string of the molecule is CC(C)(O)CO.CC(C)OP(=O)(N(C)C)N1CCN(C(=O)C(C)C)CC1. The topological polar surface area (TPSA) is 93.5 Å². The second-order valence-corrected chi connectivity index (χ2v) is 10.5. The highest BCUT2D eigenvalue weighted by Crippen LogP contribution is 2.53. The number of hydrogen-bond acceptors (Lipinski definition) is 5. The number of aliphatic hydroxyl groups excluding tert-OH is 1. The molecule has 0 spiro atoms. The first-order chi connectivity index (χ1) is 11.7. The van der Waals surface area contributed by atoms with E-state index in [-0.39, 0.29) is 24.5 Å². The Morgan fingerprint density at radius 3 is 1.85 bits per heavy atom. The van der Waals surface area contributed by atoms with Gasteiger partial charge in [0.2, 0.25) is 5.91 Å². The fourth-order valence-electron chi connectivity index (χ4n) is 2.22. The van der Waals surface area contributed by atoms with Gasteiger partial charge in [-0.05, 0) is 41.8 Å². The summed E-state index contributed by atoms with van der Waals surface area (Å²) in [5.41, 5.74) is -0.903. The number of piperazine rings is 1. The first-order valence-corrected chi connectivity index (χ1v) is 10.6. The second-order valence-electron chi connectivity index (χ2n) is 7.90. The molecule has 8 nitrogen and oxygen atoms in total. The molecule has 156 valence electrons. The van der Waals surface area contributed by atoms with Crippen LogP contribution in [0.2, 0.25) is 0 Å². The minimum absolute atomic E-state index is 0.00844. The average molecular weight is 395 g/mol. The molecular formula is C17H38N3O5P. The van der Waals surface area contributed by atoms with E-state index in [1.807, 2.05) is 37.3 Å². The van der Waals surface area contributed by atoms with Gasteiger partial charge in [0.05, 0.1) is 18.3 Å². The fraction of sp³-hybridized carbons (Fsp3) is 0.941. The minimum atomic E-state index is -2.97. The van der Waals surface area contributed by atoms with Crippen LogP contribution in [-0.4, -0.2) is 88.9 Å². The molecule has 0 saturated carbocycles. The van der Waals surface area contributed by atoms with Gasteiger partial charge in [-0.3, -0.25) is 9.36 Å². The normalized spacial score (nSPS) is 18.7. The Kier molecular flexibility index (Phi) is 10.5. The molecule has 26 heavy (non-hydrogen) atoms. The van der Waals surface area contributed by atoms with Crippen molar-refractivity contribution in [2.75, 3.05) is 46.9 Å². The van der Waals surface area contributed by atoms with E-state index >= 15 is 0 Å². The molecule has 0 aromatic carbocycles. The Labute approximate surface area is 158 Å². The van der Waals surface area contributed by atoms with Crippen molar-refractivity contribution < 1.29 is 24.1 Å². The lowest BCUT2D eigenvalue weighted by Crippen LogP contribution is -2.49. The van der Waals surface area contributed by atoms with E-state index in [2.05, 4.69) is 0 Å². The Morgan fingerprint density at radius 2 is 1.58 bits per heavy atom. The summed E-state index contributed by atoms with van der Waals surface area (Å²) in [6, 6.07) is 0. The number of aliphatic hydroxyl groups is 2. The summed E-state index contributed by atoms with van der Waals surface area (Å²) in [6.07, 6.45) is -0.0986. The van der Waals surface area contributed by atoms with Gasteiger partial charge in [0.15, 0.2) is 0 Å². The van der Waals surface area contributed by atoms with Crippen molar-refractivity contribution in [3.05, 3.63) is 0 Å². The average Bonchev–Trinajstić information content (AvgIpc) is 2.53. The van der Waals surface area contributed by atoms with Gasteiger partial charge >= 0.3 is 7.67 Å². The second kappa shape index (κ2) is 10.7. The van der Waals surface area contributed by atoms with E-state index in [1.165, 1.54) is 0 Å². The predicted octanol–water partition coefficient (Wildman–Crippen LogP) is 1.63. The maximum absolute atomic E-state index is 13.0. The van der Waals surface area contributed by atoms with Crippen LogP contribution in [0, 0.1) is 5.92 Å². The summed E-state index contributed by atoms with van der Waals surface area (Å²) in [5.74, 6) is 0.170. The van der Waals surface area contributed by atoms with E-state index < -0.39 is 13.3 Å². The van der Waals surface area contributed by atoms with Gasteiger partial charge < -0.3 is 19.6 Å². The Hall–Kier alpha value is -0.500. The van der Waals surface area contributed by atoms with E-state index in [9.17, 15) is 9.36 Å². The molecular weight excluding hydrogens is 357 g/mol. The van der Waals surface area contributed by atoms with Gasteiger partial charge in [-0.2, -0.15) is 0 Å². The molecule has 1 aliphatic heterocycles. The summed E-state index contributed by atoms with van der Waals surface area (Å²) < 4.78 is 22.2. The van der Waals surface area contributed by atoms with Crippen molar-refractivity contribution in [3.63, 3.8) is 0 Å². The molecule has 0 radical (unpaired) electrons. The maximum Gasteiger partial charge on any atom is 0.345 e. The van der Waals surface area contributed by atoms with Gasteiger partial charge in [-0.15, -0.1) is 0 Å². The number of carbonyl (C=O) groups is 1. The zero-order valence-electron chi connectivity index (χ0n) is 17.6.